The molecular formula is C17H22N3O4S+. The molecule has 0 radical (unpaired) electrons. The standard InChI is InChI=1S/C17H21N3O4S/c21-16(18-11-13-3-2-10-25-13)17(22)19-12-14(15-4-1-7-24-15)20-5-8-23-9-6-20/h1-4,7,10,14H,5-6,8-9,11-12H2,(H,18,21)(H,19,22)/p+1/t14-/m0/s1. The number of hydrogen-bond donors (Lipinski definition) is 3. The minimum absolute atomic E-state index is 0.0343. The van der Waals surface area contributed by atoms with Crippen molar-refractivity contribution in [1.29, 1.82) is 0 Å². The predicted octanol–water partition coefficient (Wildman–Crippen LogP) is -0.270. The number of ether oxygens (including phenoxy) is 1. The van der Waals surface area contributed by atoms with Crippen LogP contribution in [0.1, 0.15) is 16.7 Å². The second-order valence-electron chi connectivity index (χ2n) is 5.81. The highest BCUT2D eigenvalue weighted by Crippen LogP contribution is 2.10. The van der Waals surface area contributed by atoms with Crippen LogP contribution in [0.2, 0.25) is 0 Å². The minimum Gasteiger partial charge on any atom is -0.463 e. The molecule has 134 valence electrons. The maximum atomic E-state index is 12.1. The fraction of sp³-hybridized carbons (Fsp3) is 0.412. The van der Waals surface area contributed by atoms with Crippen molar-refractivity contribution in [2.45, 2.75) is 12.6 Å². The fourth-order valence-electron chi connectivity index (χ4n) is 2.85. The number of hydrogen-bond acceptors (Lipinski definition) is 5. The van der Waals surface area contributed by atoms with E-state index < -0.39 is 11.8 Å². The Hall–Kier alpha value is -2.16. The lowest BCUT2D eigenvalue weighted by Crippen LogP contribution is -3.15. The molecule has 25 heavy (non-hydrogen) atoms. The Kier molecular flexibility index (Phi) is 6.21. The summed E-state index contributed by atoms with van der Waals surface area (Å²) >= 11 is 1.54. The molecule has 8 heteroatoms. The summed E-state index contributed by atoms with van der Waals surface area (Å²) in [5.74, 6) is -0.444. The molecule has 0 aromatic carbocycles. The van der Waals surface area contributed by atoms with Crippen molar-refractivity contribution in [2.24, 2.45) is 0 Å². The number of carbonyl (C=O) groups is 2. The number of rotatable bonds is 6. The molecule has 3 N–H and O–H groups in total. The van der Waals surface area contributed by atoms with E-state index in [9.17, 15) is 9.59 Å². The molecule has 1 aliphatic heterocycles. The largest absolute Gasteiger partial charge is 0.463 e. The first-order chi connectivity index (χ1) is 12.2. The number of amides is 2. The van der Waals surface area contributed by atoms with Crippen molar-refractivity contribution in [3.05, 3.63) is 46.5 Å². The predicted molar refractivity (Wildman–Crippen MR) is 92.1 cm³/mol. The minimum atomic E-state index is -0.624. The van der Waals surface area contributed by atoms with E-state index in [1.54, 1.807) is 6.26 Å². The highest BCUT2D eigenvalue weighted by Gasteiger charge is 2.29. The Morgan fingerprint density at radius 1 is 1.16 bits per heavy atom. The van der Waals surface area contributed by atoms with Crippen LogP contribution in [0, 0.1) is 0 Å². The highest BCUT2D eigenvalue weighted by atomic mass is 32.1. The molecule has 1 aliphatic rings. The van der Waals surface area contributed by atoms with Gasteiger partial charge in [-0.05, 0) is 23.6 Å². The second kappa shape index (κ2) is 8.80. The van der Waals surface area contributed by atoms with Crippen LogP contribution in [0.25, 0.3) is 0 Å². The van der Waals surface area contributed by atoms with Crippen LogP contribution in [0.3, 0.4) is 0 Å². The molecule has 1 atom stereocenters. The van der Waals surface area contributed by atoms with Gasteiger partial charge in [0.15, 0.2) is 11.8 Å². The number of quaternary nitrogens is 1. The van der Waals surface area contributed by atoms with Crippen molar-refractivity contribution in [3.8, 4) is 0 Å². The molecule has 1 saturated heterocycles. The average Bonchev–Trinajstić information content (AvgIpc) is 3.34. The number of nitrogens with one attached hydrogen (secondary N) is 3. The number of furan rings is 1. The molecule has 2 aromatic rings. The summed E-state index contributed by atoms with van der Waals surface area (Å²) < 4.78 is 10.9. The van der Waals surface area contributed by atoms with Gasteiger partial charge in [0.25, 0.3) is 0 Å². The van der Waals surface area contributed by atoms with Gasteiger partial charge in [-0.2, -0.15) is 0 Å². The summed E-state index contributed by atoms with van der Waals surface area (Å²) in [7, 11) is 0. The van der Waals surface area contributed by atoms with Crippen LogP contribution in [-0.4, -0.2) is 44.7 Å². The molecule has 0 unspecified atom stereocenters. The van der Waals surface area contributed by atoms with Gasteiger partial charge in [-0.25, -0.2) is 0 Å². The fourth-order valence-corrected chi connectivity index (χ4v) is 3.50. The zero-order valence-electron chi connectivity index (χ0n) is 13.8. The molecule has 3 rings (SSSR count). The van der Waals surface area contributed by atoms with Crippen LogP contribution in [0.15, 0.2) is 40.3 Å². The third kappa shape index (κ3) is 4.91. The summed E-state index contributed by atoms with van der Waals surface area (Å²) in [4.78, 5) is 26.3. The topological polar surface area (TPSA) is 85.0 Å². The van der Waals surface area contributed by atoms with Gasteiger partial charge < -0.3 is 24.7 Å². The van der Waals surface area contributed by atoms with Gasteiger partial charge in [0.1, 0.15) is 13.1 Å². The van der Waals surface area contributed by atoms with E-state index in [0.717, 1.165) is 23.7 Å². The van der Waals surface area contributed by atoms with Crippen LogP contribution in [0.5, 0.6) is 0 Å². The zero-order valence-corrected chi connectivity index (χ0v) is 14.6. The molecule has 0 spiro atoms. The maximum Gasteiger partial charge on any atom is 0.309 e. The van der Waals surface area contributed by atoms with Crippen molar-refractivity contribution >= 4 is 23.2 Å². The highest BCUT2D eigenvalue weighted by molar-refractivity contribution is 7.09. The molecular weight excluding hydrogens is 342 g/mol. The number of carbonyl (C=O) groups excluding carboxylic acids is 2. The molecule has 3 heterocycles. The Morgan fingerprint density at radius 3 is 2.64 bits per heavy atom. The van der Waals surface area contributed by atoms with Gasteiger partial charge in [-0.15, -0.1) is 11.3 Å². The summed E-state index contributed by atoms with van der Waals surface area (Å²) in [6, 6.07) is 7.52. The van der Waals surface area contributed by atoms with E-state index in [4.69, 9.17) is 9.15 Å². The Balaban J connectivity index is 1.52. The molecule has 2 aromatic heterocycles. The van der Waals surface area contributed by atoms with E-state index in [1.807, 2.05) is 29.6 Å². The summed E-state index contributed by atoms with van der Waals surface area (Å²) in [5.41, 5.74) is 0. The third-order valence-corrected chi connectivity index (χ3v) is 5.07. The molecule has 0 saturated carbocycles. The van der Waals surface area contributed by atoms with E-state index >= 15 is 0 Å². The van der Waals surface area contributed by atoms with Crippen LogP contribution in [-0.2, 0) is 20.9 Å². The average molecular weight is 364 g/mol. The first-order valence-corrected chi connectivity index (χ1v) is 9.16. The van der Waals surface area contributed by atoms with Crippen LogP contribution >= 0.6 is 11.3 Å². The van der Waals surface area contributed by atoms with Crippen LogP contribution in [0.4, 0.5) is 0 Å². The third-order valence-electron chi connectivity index (χ3n) is 4.19. The van der Waals surface area contributed by atoms with Gasteiger partial charge in [0, 0.05) is 4.88 Å². The normalized spacial score (nSPS) is 16.3. The molecule has 0 bridgehead atoms. The lowest BCUT2D eigenvalue weighted by atomic mass is 10.1. The van der Waals surface area contributed by atoms with Crippen molar-refractivity contribution < 1.29 is 23.6 Å². The van der Waals surface area contributed by atoms with Crippen LogP contribution < -0.4 is 15.5 Å². The van der Waals surface area contributed by atoms with E-state index in [0.29, 0.717) is 26.3 Å². The Labute approximate surface area is 149 Å². The second-order valence-corrected chi connectivity index (χ2v) is 6.84. The summed E-state index contributed by atoms with van der Waals surface area (Å²) in [6.07, 6.45) is 1.62. The molecule has 2 amide bonds. The van der Waals surface area contributed by atoms with E-state index in [2.05, 4.69) is 10.6 Å². The van der Waals surface area contributed by atoms with E-state index in [-0.39, 0.29) is 6.04 Å². The van der Waals surface area contributed by atoms with Gasteiger partial charge >= 0.3 is 11.8 Å². The summed E-state index contributed by atoms with van der Waals surface area (Å²) in [6.45, 7) is 3.75. The first-order valence-electron chi connectivity index (χ1n) is 8.28. The van der Waals surface area contributed by atoms with Crippen molar-refractivity contribution in [1.82, 2.24) is 10.6 Å². The van der Waals surface area contributed by atoms with Gasteiger partial charge in [0.05, 0.1) is 32.6 Å². The Morgan fingerprint density at radius 2 is 1.96 bits per heavy atom. The number of morpholine rings is 1. The lowest BCUT2D eigenvalue weighted by Gasteiger charge is -2.30. The molecule has 7 nitrogen and oxygen atoms in total. The van der Waals surface area contributed by atoms with Crippen molar-refractivity contribution in [3.63, 3.8) is 0 Å². The smallest absolute Gasteiger partial charge is 0.309 e. The maximum absolute atomic E-state index is 12.1. The molecule has 1 fully saturated rings. The first kappa shape index (κ1) is 17.7. The zero-order chi connectivity index (χ0) is 17.5. The monoisotopic (exact) mass is 364 g/mol. The van der Waals surface area contributed by atoms with Crippen molar-refractivity contribution in [2.75, 3.05) is 32.8 Å². The van der Waals surface area contributed by atoms with Gasteiger partial charge in [-0.3, -0.25) is 9.59 Å². The SMILES string of the molecule is O=C(NCc1cccs1)C(=O)NC[C@@H](c1ccco1)[NH+]1CCOCC1. The Bertz CT molecular complexity index is 666. The van der Waals surface area contributed by atoms with Gasteiger partial charge in [0.2, 0.25) is 0 Å². The molecule has 0 aliphatic carbocycles. The number of thiophene rings is 1. The van der Waals surface area contributed by atoms with E-state index in [1.165, 1.54) is 16.2 Å². The lowest BCUT2D eigenvalue weighted by molar-refractivity contribution is -0.938. The quantitative estimate of drug-likeness (QED) is 0.616. The van der Waals surface area contributed by atoms with Gasteiger partial charge in [-0.1, -0.05) is 6.07 Å². The summed E-state index contributed by atoms with van der Waals surface area (Å²) in [5, 5.41) is 7.29.